The summed E-state index contributed by atoms with van der Waals surface area (Å²) in [5.74, 6) is 0.776. The number of ether oxygens (including phenoxy) is 2. The Morgan fingerprint density at radius 1 is 1.16 bits per heavy atom. The van der Waals surface area contributed by atoms with Gasteiger partial charge in [-0.2, -0.15) is 0 Å². The zero-order valence-corrected chi connectivity index (χ0v) is 19.9. The number of thioether (sulfide) groups is 1. The number of aryl methyl sites for hydroxylation is 2. The van der Waals surface area contributed by atoms with Crippen molar-refractivity contribution in [1.29, 1.82) is 0 Å². The van der Waals surface area contributed by atoms with Gasteiger partial charge in [0.25, 0.3) is 0 Å². The Labute approximate surface area is 193 Å². The topological polar surface area (TPSA) is 80.2 Å². The van der Waals surface area contributed by atoms with E-state index in [0.717, 1.165) is 23.2 Å². The van der Waals surface area contributed by atoms with Gasteiger partial charge in [0.2, 0.25) is 11.8 Å². The average molecular weight is 456 g/mol. The SMILES string of the molecule is CCCN1C(=O)C(CC(=O)Nc2ccc(OC)cc2OC)SC1=Nc1cc(C)ccc1C. The van der Waals surface area contributed by atoms with Gasteiger partial charge in [-0.25, -0.2) is 4.99 Å². The Hall–Kier alpha value is -3.00. The molecule has 1 heterocycles. The first-order chi connectivity index (χ1) is 15.4. The van der Waals surface area contributed by atoms with Gasteiger partial charge < -0.3 is 14.8 Å². The molecule has 2 amide bonds. The lowest BCUT2D eigenvalue weighted by molar-refractivity contribution is -0.128. The van der Waals surface area contributed by atoms with E-state index in [1.165, 1.54) is 18.9 Å². The number of amides is 2. The standard InChI is InChI=1S/C24H29N3O4S/c1-6-11-27-23(29)21(32-24(27)26-19-12-15(2)7-8-16(19)3)14-22(28)25-18-10-9-17(30-4)13-20(18)31-5/h7-10,12-13,21H,6,11,14H2,1-5H3,(H,25,28). The van der Waals surface area contributed by atoms with Crippen LogP contribution in [-0.4, -0.2) is 47.9 Å². The average Bonchev–Trinajstić information content (AvgIpc) is 3.05. The second-order valence-electron chi connectivity index (χ2n) is 7.60. The number of benzene rings is 2. The fourth-order valence-corrected chi connectivity index (χ4v) is 4.55. The third-order valence-electron chi connectivity index (χ3n) is 5.10. The maximum atomic E-state index is 13.0. The summed E-state index contributed by atoms with van der Waals surface area (Å²) in [4.78, 5) is 32.3. The summed E-state index contributed by atoms with van der Waals surface area (Å²) in [5, 5.41) is 2.97. The first-order valence-electron chi connectivity index (χ1n) is 10.5. The Balaban J connectivity index is 1.77. The number of methoxy groups -OCH3 is 2. The van der Waals surface area contributed by atoms with Crippen molar-refractivity contribution in [2.75, 3.05) is 26.1 Å². The molecule has 32 heavy (non-hydrogen) atoms. The predicted molar refractivity (Wildman–Crippen MR) is 129 cm³/mol. The number of carbonyl (C=O) groups excluding carboxylic acids is 2. The van der Waals surface area contributed by atoms with Crippen molar-refractivity contribution in [2.24, 2.45) is 4.99 Å². The lowest BCUT2D eigenvalue weighted by atomic mass is 10.1. The highest BCUT2D eigenvalue weighted by Crippen LogP contribution is 2.34. The van der Waals surface area contributed by atoms with Crippen LogP contribution in [0.4, 0.5) is 11.4 Å². The minimum atomic E-state index is -0.519. The summed E-state index contributed by atoms with van der Waals surface area (Å²) in [6.45, 7) is 6.60. The summed E-state index contributed by atoms with van der Waals surface area (Å²) < 4.78 is 10.5. The lowest BCUT2D eigenvalue weighted by Crippen LogP contribution is -2.34. The lowest BCUT2D eigenvalue weighted by Gasteiger charge is -2.15. The molecule has 0 saturated carbocycles. The number of nitrogens with zero attached hydrogens (tertiary/aromatic N) is 2. The van der Waals surface area contributed by atoms with Crippen molar-refractivity contribution >= 4 is 40.1 Å². The molecule has 0 aromatic heterocycles. The van der Waals surface area contributed by atoms with E-state index in [9.17, 15) is 9.59 Å². The van der Waals surface area contributed by atoms with Crippen LogP contribution in [0.2, 0.25) is 0 Å². The largest absolute Gasteiger partial charge is 0.497 e. The predicted octanol–water partition coefficient (Wildman–Crippen LogP) is 4.69. The van der Waals surface area contributed by atoms with E-state index in [-0.39, 0.29) is 18.2 Å². The molecule has 0 spiro atoms. The van der Waals surface area contributed by atoms with Crippen molar-refractivity contribution in [3.63, 3.8) is 0 Å². The summed E-state index contributed by atoms with van der Waals surface area (Å²) in [7, 11) is 3.09. The second kappa shape index (κ2) is 10.5. The molecular formula is C24H29N3O4S. The van der Waals surface area contributed by atoms with Crippen LogP contribution in [0.5, 0.6) is 11.5 Å². The van der Waals surface area contributed by atoms with E-state index in [4.69, 9.17) is 14.5 Å². The number of carbonyl (C=O) groups is 2. The zero-order valence-electron chi connectivity index (χ0n) is 19.1. The maximum Gasteiger partial charge on any atom is 0.242 e. The monoisotopic (exact) mass is 455 g/mol. The molecule has 1 unspecified atom stereocenters. The smallest absolute Gasteiger partial charge is 0.242 e. The molecule has 3 rings (SSSR count). The van der Waals surface area contributed by atoms with Gasteiger partial charge in [-0.3, -0.25) is 14.5 Å². The van der Waals surface area contributed by atoms with Crippen molar-refractivity contribution in [3.05, 3.63) is 47.5 Å². The Kier molecular flexibility index (Phi) is 7.80. The first kappa shape index (κ1) is 23.7. The number of rotatable bonds is 8. The van der Waals surface area contributed by atoms with Crippen LogP contribution in [0.25, 0.3) is 0 Å². The summed E-state index contributed by atoms with van der Waals surface area (Å²) >= 11 is 1.35. The van der Waals surface area contributed by atoms with Crippen LogP contribution >= 0.6 is 11.8 Å². The van der Waals surface area contributed by atoms with Gasteiger partial charge in [-0.15, -0.1) is 0 Å². The number of nitrogens with one attached hydrogen (secondary N) is 1. The molecule has 2 aromatic rings. The van der Waals surface area contributed by atoms with Crippen molar-refractivity contribution in [3.8, 4) is 11.5 Å². The highest BCUT2D eigenvalue weighted by molar-refractivity contribution is 8.15. The van der Waals surface area contributed by atoms with E-state index >= 15 is 0 Å². The van der Waals surface area contributed by atoms with E-state index in [1.807, 2.05) is 39.0 Å². The van der Waals surface area contributed by atoms with Gasteiger partial charge >= 0.3 is 0 Å². The van der Waals surface area contributed by atoms with Gasteiger partial charge in [0, 0.05) is 19.0 Å². The van der Waals surface area contributed by atoms with Gasteiger partial charge in [0.1, 0.15) is 16.7 Å². The molecule has 0 radical (unpaired) electrons. The van der Waals surface area contributed by atoms with Gasteiger partial charge in [-0.05, 0) is 49.6 Å². The first-order valence-corrected chi connectivity index (χ1v) is 11.4. The molecule has 0 bridgehead atoms. The highest BCUT2D eigenvalue weighted by Gasteiger charge is 2.38. The molecule has 1 atom stereocenters. The number of amidine groups is 1. The molecule has 7 nitrogen and oxygen atoms in total. The molecule has 1 fully saturated rings. The van der Waals surface area contributed by atoms with Crippen LogP contribution in [0.3, 0.4) is 0 Å². The van der Waals surface area contributed by atoms with Crippen LogP contribution in [0.15, 0.2) is 41.4 Å². The second-order valence-corrected chi connectivity index (χ2v) is 8.77. The van der Waals surface area contributed by atoms with Crippen molar-refractivity contribution in [2.45, 2.75) is 38.9 Å². The van der Waals surface area contributed by atoms with Crippen LogP contribution in [0.1, 0.15) is 30.9 Å². The van der Waals surface area contributed by atoms with E-state index in [0.29, 0.717) is 28.9 Å². The zero-order chi connectivity index (χ0) is 23.3. The number of hydrogen-bond donors (Lipinski definition) is 1. The fraction of sp³-hybridized carbons (Fsp3) is 0.375. The van der Waals surface area contributed by atoms with Crippen molar-refractivity contribution < 1.29 is 19.1 Å². The number of aliphatic imine (C=N–C) groups is 1. The molecule has 1 aliphatic rings. The van der Waals surface area contributed by atoms with Crippen LogP contribution in [0, 0.1) is 13.8 Å². The van der Waals surface area contributed by atoms with Gasteiger partial charge in [-0.1, -0.05) is 30.8 Å². The molecule has 1 saturated heterocycles. The molecule has 8 heteroatoms. The van der Waals surface area contributed by atoms with E-state index in [2.05, 4.69) is 5.32 Å². The number of hydrogen-bond acceptors (Lipinski definition) is 6. The van der Waals surface area contributed by atoms with Gasteiger partial charge in [0.05, 0.1) is 25.6 Å². The normalized spacial score (nSPS) is 17.0. The van der Waals surface area contributed by atoms with E-state index in [1.54, 1.807) is 30.2 Å². The quantitative estimate of drug-likeness (QED) is 0.625. The third kappa shape index (κ3) is 5.43. The van der Waals surface area contributed by atoms with Crippen LogP contribution < -0.4 is 14.8 Å². The highest BCUT2D eigenvalue weighted by atomic mass is 32.2. The summed E-state index contributed by atoms with van der Waals surface area (Å²) in [5.41, 5.74) is 3.52. The van der Waals surface area contributed by atoms with Crippen LogP contribution in [-0.2, 0) is 9.59 Å². The summed E-state index contributed by atoms with van der Waals surface area (Å²) in [6.07, 6.45) is 0.852. The number of anilines is 1. The fourth-order valence-electron chi connectivity index (χ4n) is 3.37. The molecular weight excluding hydrogens is 426 g/mol. The summed E-state index contributed by atoms with van der Waals surface area (Å²) in [6, 6.07) is 11.2. The molecule has 1 aliphatic heterocycles. The molecule has 1 N–H and O–H groups in total. The molecule has 2 aromatic carbocycles. The molecule has 0 aliphatic carbocycles. The third-order valence-corrected chi connectivity index (χ3v) is 6.28. The van der Waals surface area contributed by atoms with E-state index < -0.39 is 5.25 Å². The Bertz CT molecular complexity index is 1040. The maximum absolute atomic E-state index is 13.0. The minimum absolute atomic E-state index is 0.0463. The van der Waals surface area contributed by atoms with Crippen molar-refractivity contribution in [1.82, 2.24) is 4.90 Å². The Morgan fingerprint density at radius 2 is 1.94 bits per heavy atom. The van der Waals surface area contributed by atoms with Gasteiger partial charge in [0.15, 0.2) is 5.17 Å². The minimum Gasteiger partial charge on any atom is -0.497 e. The molecule has 170 valence electrons. The Morgan fingerprint density at radius 3 is 2.62 bits per heavy atom.